The Morgan fingerprint density at radius 1 is 1.37 bits per heavy atom. The molecule has 1 saturated heterocycles. The summed E-state index contributed by atoms with van der Waals surface area (Å²) in [7, 11) is 1.40. The van der Waals surface area contributed by atoms with E-state index in [4.69, 9.17) is 14.2 Å². The summed E-state index contributed by atoms with van der Waals surface area (Å²) < 4.78 is 15.3. The van der Waals surface area contributed by atoms with Crippen LogP contribution in [0.4, 0.5) is 5.69 Å². The topological polar surface area (TPSA) is 56.8 Å². The first-order chi connectivity index (χ1) is 9.20. The Balaban J connectivity index is 1.92. The van der Waals surface area contributed by atoms with Gasteiger partial charge in [-0.25, -0.2) is 0 Å². The Morgan fingerprint density at radius 2 is 2.05 bits per heavy atom. The van der Waals surface area contributed by atoms with Crippen LogP contribution in [0.5, 0.6) is 5.75 Å². The van der Waals surface area contributed by atoms with Crippen molar-refractivity contribution in [2.45, 2.75) is 6.92 Å². The van der Waals surface area contributed by atoms with Crippen LogP contribution in [0.15, 0.2) is 24.3 Å². The van der Waals surface area contributed by atoms with Crippen molar-refractivity contribution in [1.29, 1.82) is 0 Å². The quantitative estimate of drug-likeness (QED) is 0.793. The van der Waals surface area contributed by atoms with E-state index in [0.29, 0.717) is 26.4 Å². The monoisotopic (exact) mass is 265 g/mol. The molecule has 1 aromatic rings. The molecule has 0 bridgehead atoms. The molecule has 0 aliphatic carbocycles. The number of nitrogens with one attached hydrogen (secondary N) is 1. The highest BCUT2D eigenvalue weighted by Gasteiger charge is 2.47. The second-order valence-corrected chi connectivity index (χ2v) is 4.58. The Morgan fingerprint density at radius 3 is 2.53 bits per heavy atom. The van der Waals surface area contributed by atoms with Gasteiger partial charge in [0.05, 0.1) is 26.9 Å². The Kier molecular flexibility index (Phi) is 4.27. The predicted molar refractivity (Wildman–Crippen MR) is 71.4 cm³/mol. The summed E-state index contributed by atoms with van der Waals surface area (Å²) in [6.07, 6.45) is 0. The van der Waals surface area contributed by atoms with E-state index >= 15 is 0 Å². The number of ether oxygens (including phenoxy) is 3. The predicted octanol–water partition coefficient (Wildman–Crippen LogP) is 1.69. The Labute approximate surface area is 112 Å². The third kappa shape index (κ3) is 2.98. The average molecular weight is 265 g/mol. The highest BCUT2D eigenvalue weighted by atomic mass is 16.5. The van der Waals surface area contributed by atoms with Crippen molar-refractivity contribution in [3.05, 3.63) is 24.3 Å². The molecule has 2 rings (SSSR count). The molecule has 0 amide bonds. The van der Waals surface area contributed by atoms with E-state index < -0.39 is 5.41 Å². The first kappa shape index (κ1) is 13.7. The zero-order valence-corrected chi connectivity index (χ0v) is 11.3. The zero-order chi connectivity index (χ0) is 13.7. The van der Waals surface area contributed by atoms with Crippen molar-refractivity contribution in [2.75, 3.05) is 38.8 Å². The number of rotatable bonds is 6. The fraction of sp³-hybridized carbons (Fsp3) is 0.500. The third-order valence-corrected chi connectivity index (χ3v) is 3.17. The summed E-state index contributed by atoms with van der Waals surface area (Å²) >= 11 is 0. The van der Waals surface area contributed by atoms with Crippen molar-refractivity contribution in [3.8, 4) is 5.75 Å². The highest BCUT2D eigenvalue weighted by Crippen LogP contribution is 2.29. The summed E-state index contributed by atoms with van der Waals surface area (Å²) in [5, 5.41) is 3.24. The van der Waals surface area contributed by atoms with Crippen LogP contribution in [-0.4, -0.2) is 39.4 Å². The molecule has 104 valence electrons. The lowest BCUT2D eigenvalue weighted by Gasteiger charge is -2.38. The second kappa shape index (κ2) is 5.93. The molecule has 1 heterocycles. The lowest BCUT2D eigenvalue weighted by Crippen LogP contribution is -2.54. The van der Waals surface area contributed by atoms with E-state index in [9.17, 15) is 4.79 Å². The van der Waals surface area contributed by atoms with Crippen molar-refractivity contribution in [1.82, 2.24) is 0 Å². The van der Waals surface area contributed by atoms with E-state index in [1.165, 1.54) is 7.11 Å². The van der Waals surface area contributed by atoms with Crippen LogP contribution in [0.2, 0.25) is 0 Å². The maximum absolute atomic E-state index is 11.7. The van der Waals surface area contributed by atoms with Crippen LogP contribution >= 0.6 is 0 Å². The van der Waals surface area contributed by atoms with Crippen molar-refractivity contribution in [2.24, 2.45) is 5.41 Å². The number of benzene rings is 1. The van der Waals surface area contributed by atoms with Crippen LogP contribution in [0.1, 0.15) is 6.92 Å². The minimum absolute atomic E-state index is 0.225. The maximum atomic E-state index is 11.7. The molecular formula is C14H19NO4. The van der Waals surface area contributed by atoms with Gasteiger partial charge in [-0.05, 0) is 31.2 Å². The normalized spacial score (nSPS) is 16.3. The third-order valence-electron chi connectivity index (χ3n) is 3.17. The fourth-order valence-corrected chi connectivity index (χ4v) is 1.96. The number of methoxy groups -OCH3 is 1. The SMILES string of the molecule is CCOc1ccc(NCC2(C(=O)OC)COC2)cc1. The number of esters is 1. The molecular weight excluding hydrogens is 246 g/mol. The first-order valence-corrected chi connectivity index (χ1v) is 6.33. The fourth-order valence-electron chi connectivity index (χ4n) is 1.96. The number of anilines is 1. The molecule has 1 aliphatic heterocycles. The number of carbonyl (C=O) groups excluding carboxylic acids is 1. The van der Waals surface area contributed by atoms with Gasteiger partial charge in [0, 0.05) is 12.2 Å². The molecule has 5 heteroatoms. The molecule has 5 nitrogen and oxygen atoms in total. The molecule has 1 aliphatic rings. The van der Waals surface area contributed by atoms with E-state index in [2.05, 4.69) is 5.32 Å². The van der Waals surface area contributed by atoms with Gasteiger partial charge >= 0.3 is 5.97 Å². The minimum atomic E-state index is -0.548. The van der Waals surface area contributed by atoms with Crippen molar-refractivity contribution < 1.29 is 19.0 Å². The van der Waals surface area contributed by atoms with Gasteiger partial charge in [0.2, 0.25) is 0 Å². The minimum Gasteiger partial charge on any atom is -0.494 e. The van der Waals surface area contributed by atoms with Crippen LogP contribution in [0.3, 0.4) is 0 Å². The number of hydrogen-bond acceptors (Lipinski definition) is 5. The van der Waals surface area contributed by atoms with Crippen molar-refractivity contribution >= 4 is 11.7 Å². The van der Waals surface area contributed by atoms with Gasteiger partial charge in [0.25, 0.3) is 0 Å². The van der Waals surface area contributed by atoms with Gasteiger partial charge < -0.3 is 19.5 Å². The Bertz CT molecular complexity index is 426. The van der Waals surface area contributed by atoms with Crippen LogP contribution in [0.25, 0.3) is 0 Å². The van der Waals surface area contributed by atoms with Gasteiger partial charge in [-0.3, -0.25) is 4.79 Å². The van der Waals surface area contributed by atoms with E-state index in [0.717, 1.165) is 11.4 Å². The largest absolute Gasteiger partial charge is 0.494 e. The summed E-state index contributed by atoms with van der Waals surface area (Å²) in [5.41, 5.74) is 0.395. The van der Waals surface area contributed by atoms with Crippen LogP contribution < -0.4 is 10.1 Å². The first-order valence-electron chi connectivity index (χ1n) is 6.33. The maximum Gasteiger partial charge on any atom is 0.318 e. The van der Waals surface area contributed by atoms with Gasteiger partial charge in [-0.15, -0.1) is 0 Å². The lowest BCUT2D eigenvalue weighted by molar-refractivity contribution is -0.180. The van der Waals surface area contributed by atoms with Crippen LogP contribution in [-0.2, 0) is 14.3 Å². The molecule has 0 saturated carbocycles. The second-order valence-electron chi connectivity index (χ2n) is 4.58. The molecule has 1 aromatic carbocycles. The number of hydrogen-bond donors (Lipinski definition) is 1. The zero-order valence-electron chi connectivity index (χ0n) is 11.3. The average Bonchev–Trinajstić information content (AvgIpc) is 2.39. The van der Waals surface area contributed by atoms with Gasteiger partial charge in [-0.2, -0.15) is 0 Å². The van der Waals surface area contributed by atoms with E-state index in [-0.39, 0.29) is 5.97 Å². The standard InChI is InChI=1S/C14H19NO4/c1-3-19-12-6-4-11(5-7-12)15-8-14(9-18-10-14)13(16)17-2/h4-7,15H,3,8-10H2,1-2H3. The molecule has 0 atom stereocenters. The van der Waals surface area contributed by atoms with E-state index in [1.807, 2.05) is 31.2 Å². The van der Waals surface area contributed by atoms with Crippen molar-refractivity contribution in [3.63, 3.8) is 0 Å². The lowest BCUT2D eigenvalue weighted by atomic mass is 9.86. The molecule has 1 fully saturated rings. The highest BCUT2D eigenvalue weighted by molar-refractivity contribution is 5.78. The van der Waals surface area contributed by atoms with Gasteiger partial charge in [0.15, 0.2) is 0 Å². The van der Waals surface area contributed by atoms with Gasteiger partial charge in [0.1, 0.15) is 11.2 Å². The molecule has 1 N–H and O–H groups in total. The summed E-state index contributed by atoms with van der Waals surface area (Å²) in [6, 6.07) is 7.65. The summed E-state index contributed by atoms with van der Waals surface area (Å²) in [5.74, 6) is 0.611. The molecule has 0 unspecified atom stereocenters. The summed E-state index contributed by atoms with van der Waals surface area (Å²) in [4.78, 5) is 11.7. The summed E-state index contributed by atoms with van der Waals surface area (Å²) in [6.45, 7) is 3.92. The molecule has 19 heavy (non-hydrogen) atoms. The number of carbonyl (C=O) groups is 1. The Hall–Kier alpha value is -1.75. The van der Waals surface area contributed by atoms with Gasteiger partial charge in [-0.1, -0.05) is 0 Å². The van der Waals surface area contributed by atoms with Crippen LogP contribution in [0, 0.1) is 5.41 Å². The molecule has 0 spiro atoms. The molecule has 0 radical (unpaired) electrons. The van der Waals surface area contributed by atoms with E-state index in [1.54, 1.807) is 0 Å². The molecule has 0 aromatic heterocycles. The smallest absolute Gasteiger partial charge is 0.318 e.